The molecule has 0 heterocycles. The van der Waals surface area contributed by atoms with Gasteiger partial charge in [0.1, 0.15) is 5.75 Å². The number of carboxylic acid groups (broad SMARTS) is 1. The first-order valence-corrected chi connectivity index (χ1v) is 5.59. The van der Waals surface area contributed by atoms with Crippen molar-refractivity contribution in [3.8, 4) is 5.75 Å². The quantitative estimate of drug-likeness (QED) is 0.804. The molecule has 0 radical (unpaired) electrons. The third-order valence-corrected chi connectivity index (χ3v) is 2.36. The highest BCUT2D eigenvalue weighted by Gasteiger charge is 2.18. The van der Waals surface area contributed by atoms with E-state index >= 15 is 0 Å². The molecule has 1 rings (SSSR count). The number of hydrogen-bond donors (Lipinski definition) is 1. The number of aryl methyl sites for hydroxylation is 1. The summed E-state index contributed by atoms with van der Waals surface area (Å²) in [4.78, 5) is 11.0. The predicted molar refractivity (Wildman–Crippen MR) is 62.8 cm³/mol. The van der Waals surface area contributed by atoms with Crippen LogP contribution in [0.2, 0.25) is 0 Å². The number of rotatable bonds is 6. The SMILES string of the molecule is CCCCC(Oc1cccc(C)c1)C(=O)O. The van der Waals surface area contributed by atoms with Crippen molar-refractivity contribution < 1.29 is 14.6 Å². The fourth-order valence-electron chi connectivity index (χ4n) is 1.48. The zero-order chi connectivity index (χ0) is 12.0. The van der Waals surface area contributed by atoms with E-state index in [1.165, 1.54) is 0 Å². The second kappa shape index (κ2) is 6.16. The van der Waals surface area contributed by atoms with Crippen LogP contribution in [-0.4, -0.2) is 17.2 Å². The average molecular weight is 222 g/mol. The lowest BCUT2D eigenvalue weighted by atomic mass is 10.1. The van der Waals surface area contributed by atoms with E-state index in [1.54, 1.807) is 6.07 Å². The molecule has 16 heavy (non-hydrogen) atoms. The highest BCUT2D eigenvalue weighted by molar-refractivity contribution is 5.72. The first-order valence-electron chi connectivity index (χ1n) is 5.59. The summed E-state index contributed by atoms with van der Waals surface area (Å²) in [6.45, 7) is 3.99. The molecule has 0 spiro atoms. The van der Waals surface area contributed by atoms with E-state index in [0.29, 0.717) is 12.2 Å². The van der Waals surface area contributed by atoms with Crippen LogP contribution in [0.25, 0.3) is 0 Å². The van der Waals surface area contributed by atoms with Crippen molar-refractivity contribution in [1.82, 2.24) is 0 Å². The van der Waals surface area contributed by atoms with Crippen LogP contribution in [0.4, 0.5) is 0 Å². The highest BCUT2D eigenvalue weighted by Crippen LogP contribution is 2.16. The maximum Gasteiger partial charge on any atom is 0.344 e. The largest absolute Gasteiger partial charge is 0.479 e. The van der Waals surface area contributed by atoms with Gasteiger partial charge in [-0.2, -0.15) is 0 Å². The van der Waals surface area contributed by atoms with Crippen molar-refractivity contribution >= 4 is 5.97 Å². The maximum atomic E-state index is 11.0. The minimum absolute atomic E-state index is 0.555. The van der Waals surface area contributed by atoms with E-state index in [9.17, 15) is 4.79 Å². The van der Waals surface area contributed by atoms with Gasteiger partial charge in [0.05, 0.1) is 0 Å². The average Bonchev–Trinajstić information content (AvgIpc) is 2.24. The molecule has 0 aliphatic carbocycles. The van der Waals surface area contributed by atoms with Crippen molar-refractivity contribution in [2.45, 2.75) is 39.2 Å². The molecule has 0 bridgehead atoms. The van der Waals surface area contributed by atoms with Crippen molar-refractivity contribution in [2.24, 2.45) is 0 Å². The van der Waals surface area contributed by atoms with Gasteiger partial charge in [0.25, 0.3) is 0 Å². The zero-order valence-electron chi connectivity index (χ0n) is 9.77. The van der Waals surface area contributed by atoms with E-state index in [-0.39, 0.29) is 0 Å². The summed E-state index contributed by atoms with van der Waals surface area (Å²) >= 11 is 0. The molecule has 0 saturated carbocycles. The van der Waals surface area contributed by atoms with Crippen LogP contribution >= 0.6 is 0 Å². The topological polar surface area (TPSA) is 46.5 Å². The molecule has 3 heteroatoms. The van der Waals surface area contributed by atoms with Crippen LogP contribution in [0.1, 0.15) is 31.7 Å². The number of unbranched alkanes of at least 4 members (excludes halogenated alkanes) is 1. The van der Waals surface area contributed by atoms with E-state index < -0.39 is 12.1 Å². The number of hydrogen-bond acceptors (Lipinski definition) is 2. The Kier molecular flexibility index (Phi) is 4.83. The fourth-order valence-corrected chi connectivity index (χ4v) is 1.48. The van der Waals surface area contributed by atoms with Gasteiger partial charge in [0.2, 0.25) is 0 Å². The van der Waals surface area contributed by atoms with Crippen molar-refractivity contribution in [3.63, 3.8) is 0 Å². The standard InChI is InChI=1S/C13H18O3/c1-3-4-8-12(13(14)15)16-11-7-5-6-10(2)9-11/h5-7,9,12H,3-4,8H2,1-2H3,(H,14,15). The minimum atomic E-state index is -0.894. The Balaban J connectivity index is 2.64. The Morgan fingerprint density at radius 2 is 2.25 bits per heavy atom. The van der Waals surface area contributed by atoms with Gasteiger partial charge >= 0.3 is 5.97 Å². The molecule has 0 aromatic heterocycles. The van der Waals surface area contributed by atoms with Gasteiger partial charge in [0, 0.05) is 0 Å². The van der Waals surface area contributed by atoms with Gasteiger partial charge in [-0.15, -0.1) is 0 Å². The minimum Gasteiger partial charge on any atom is -0.479 e. The van der Waals surface area contributed by atoms with Crippen molar-refractivity contribution in [2.75, 3.05) is 0 Å². The van der Waals surface area contributed by atoms with Crippen molar-refractivity contribution in [3.05, 3.63) is 29.8 Å². The third-order valence-electron chi connectivity index (χ3n) is 2.36. The Bertz CT molecular complexity index is 347. The van der Waals surface area contributed by atoms with Crippen LogP contribution in [-0.2, 0) is 4.79 Å². The molecule has 0 saturated heterocycles. The lowest BCUT2D eigenvalue weighted by Crippen LogP contribution is -2.26. The Labute approximate surface area is 96.1 Å². The van der Waals surface area contributed by atoms with Gasteiger partial charge in [-0.3, -0.25) is 0 Å². The van der Waals surface area contributed by atoms with Crippen LogP contribution in [0, 0.1) is 6.92 Å². The number of carbonyl (C=O) groups is 1. The number of benzene rings is 1. The second-order valence-electron chi connectivity index (χ2n) is 3.90. The van der Waals surface area contributed by atoms with E-state index in [4.69, 9.17) is 9.84 Å². The first kappa shape index (κ1) is 12.6. The van der Waals surface area contributed by atoms with Crippen LogP contribution in [0.3, 0.4) is 0 Å². The molecule has 3 nitrogen and oxygen atoms in total. The molecule has 1 aromatic carbocycles. The monoisotopic (exact) mass is 222 g/mol. The fraction of sp³-hybridized carbons (Fsp3) is 0.462. The molecular weight excluding hydrogens is 204 g/mol. The van der Waals surface area contributed by atoms with Gasteiger partial charge in [-0.25, -0.2) is 4.79 Å². The summed E-state index contributed by atoms with van der Waals surface area (Å²) in [5, 5.41) is 9.01. The molecule has 1 N–H and O–H groups in total. The van der Waals surface area contributed by atoms with Gasteiger partial charge in [-0.05, 0) is 37.5 Å². The van der Waals surface area contributed by atoms with E-state index in [0.717, 1.165) is 18.4 Å². The predicted octanol–water partition coefficient (Wildman–Crippen LogP) is 3.02. The summed E-state index contributed by atoms with van der Waals surface area (Å²) in [6.07, 6.45) is 1.66. The summed E-state index contributed by atoms with van der Waals surface area (Å²) < 4.78 is 5.46. The number of carboxylic acids is 1. The van der Waals surface area contributed by atoms with Gasteiger partial charge in [-0.1, -0.05) is 25.5 Å². The molecule has 1 aromatic rings. The molecule has 0 fully saturated rings. The third kappa shape index (κ3) is 3.93. The Morgan fingerprint density at radius 3 is 2.81 bits per heavy atom. The highest BCUT2D eigenvalue weighted by atomic mass is 16.5. The maximum absolute atomic E-state index is 11.0. The Hall–Kier alpha value is -1.51. The normalized spacial score (nSPS) is 12.1. The summed E-state index contributed by atoms with van der Waals surface area (Å²) in [6, 6.07) is 7.45. The molecule has 0 aliphatic heterocycles. The summed E-state index contributed by atoms with van der Waals surface area (Å²) in [5.41, 5.74) is 1.07. The van der Waals surface area contributed by atoms with Crippen molar-refractivity contribution in [1.29, 1.82) is 0 Å². The van der Waals surface area contributed by atoms with E-state index in [2.05, 4.69) is 0 Å². The smallest absolute Gasteiger partial charge is 0.344 e. The molecule has 0 aliphatic rings. The van der Waals surface area contributed by atoms with Gasteiger partial charge < -0.3 is 9.84 Å². The second-order valence-corrected chi connectivity index (χ2v) is 3.90. The first-order chi connectivity index (χ1) is 7.63. The molecular formula is C13H18O3. The van der Waals surface area contributed by atoms with E-state index in [1.807, 2.05) is 32.0 Å². The van der Waals surface area contributed by atoms with Crippen LogP contribution < -0.4 is 4.74 Å². The number of ether oxygens (including phenoxy) is 1. The summed E-state index contributed by atoms with van der Waals surface area (Å²) in [5.74, 6) is -0.265. The molecule has 88 valence electrons. The zero-order valence-corrected chi connectivity index (χ0v) is 9.77. The van der Waals surface area contributed by atoms with Gasteiger partial charge in [0.15, 0.2) is 6.10 Å². The van der Waals surface area contributed by atoms with Crippen LogP contribution in [0.5, 0.6) is 5.75 Å². The van der Waals surface area contributed by atoms with Crippen LogP contribution in [0.15, 0.2) is 24.3 Å². The summed E-state index contributed by atoms with van der Waals surface area (Å²) in [7, 11) is 0. The number of aliphatic carboxylic acids is 1. The lowest BCUT2D eigenvalue weighted by molar-refractivity contribution is -0.145. The lowest BCUT2D eigenvalue weighted by Gasteiger charge is -2.14. The molecule has 1 atom stereocenters. The molecule has 1 unspecified atom stereocenters. The molecule has 0 amide bonds. The Morgan fingerprint density at radius 1 is 1.50 bits per heavy atom.